The number of amides is 1. The fourth-order valence-corrected chi connectivity index (χ4v) is 3.03. The molecule has 3 rings (SSSR count). The van der Waals surface area contributed by atoms with E-state index in [2.05, 4.69) is 34.5 Å². The Morgan fingerprint density at radius 1 is 1.12 bits per heavy atom. The smallest absolute Gasteiger partial charge is 0.261 e. The second-order valence-electron chi connectivity index (χ2n) is 6.29. The molecule has 0 aliphatic carbocycles. The molecule has 1 aliphatic heterocycles. The Morgan fingerprint density at radius 3 is 2.40 bits per heavy atom. The SMILES string of the molecule is C[C@@H](Oc1ccc(Cl)cc1)C(=O)NCc1ccc(N2CCCC2)cc1. The van der Waals surface area contributed by atoms with Crippen molar-refractivity contribution in [1.29, 1.82) is 0 Å². The number of nitrogens with zero attached hydrogens (tertiary/aromatic N) is 1. The molecule has 1 saturated heterocycles. The first-order chi connectivity index (χ1) is 12.1. The van der Waals surface area contributed by atoms with Gasteiger partial charge in [-0.2, -0.15) is 0 Å². The number of rotatable bonds is 6. The largest absolute Gasteiger partial charge is 0.481 e. The van der Waals surface area contributed by atoms with Gasteiger partial charge in [-0.15, -0.1) is 0 Å². The lowest BCUT2D eigenvalue weighted by Crippen LogP contribution is -2.35. The van der Waals surface area contributed by atoms with Crippen molar-refractivity contribution >= 4 is 23.2 Å². The zero-order valence-electron chi connectivity index (χ0n) is 14.4. The molecule has 2 aromatic rings. The molecular formula is C20H23ClN2O2. The van der Waals surface area contributed by atoms with Crippen LogP contribution in [0, 0.1) is 0 Å². The van der Waals surface area contributed by atoms with Gasteiger partial charge >= 0.3 is 0 Å². The summed E-state index contributed by atoms with van der Waals surface area (Å²) in [5.74, 6) is 0.487. The fraction of sp³-hybridized carbons (Fsp3) is 0.350. The average Bonchev–Trinajstić information content (AvgIpc) is 3.16. The van der Waals surface area contributed by atoms with Gasteiger partial charge in [-0.05, 0) is 61.7 Å². The Kier molecular flexibility index (Phi) is 5.82. The summed E-state index contributed by atoms with van der Waals surface area (Å²) in [6.45, 7) is 4.50. The third-order valence-corrected chi connectivity index (χ3v) is 4.62. The molecule has 1 heterocycles. The predicted molar refractivity (Wildman–Crippen MR) is 101 cm³/mol. The van der Waals surface area contributed by atoms with Crippen molar-refractivity contribution in [3.05, 3.63) is 59.1 Å². The van der Waals surface area contributed by atoms with Crippen LogP contribution in [0.5, 0.6) is 5.75 Å². The van der Waals surface area contributed by atoms with E-state index in [1.807, 2.05) is 0 Å². The van der Waals surface area contributed by atoms with Gasteiger partial charge in [0, 0.05) is 30.3 Å². The Labute approximate surface area is 153 Å². The lowest BCUT2D eigenvalue weighted by atomic mass is 10.2. The van der Waals surface area contributed by atoms with Crippen LogP contribution in [0.15, 0.2) is 48.5 Å². The summed E-state index contributed by atoms with van der Waals surface area (Å²) in [5.41, 5.74) is 2.34. The number of benzene rings is 2. The summed E-state index contributed by atoms with van der Waals surface area (Å²) in [5, 5.41) is 3.56. The summed E-state index contributed by atoms with van der Waals surface area (Å²) in [7, 11) is 0. The van der Waals surface area contributed by atoms with E-state index in [-0.39, 0.29) is 5.91 Å². The Hall–Kier alpha value is -2.20. The molecule has 0 radical (unpaired) electrons. The summed E-state index contributed by atoms with van der Waals surface area (Å²) < 4.78 is 5.63. The highest BCUT2D eigenvalue weighted by atomic mass is 35.5. The van der Waals surface area contributed by atoms with Crippen LogP contribution in [0.1, 0.15) is 25.3 Å². The van der Waals surface area contributed by atoms with Gasteiger partial charge < -0.3 is 15.0 Å². The normalized spacial score (nSPS) is 15.0. The molecule has 4 nitrogen and oxygen atoms in total. The van der Waals surface area contributed by atoms with E-state index in [1.54, 1.807) is 31.2 Å². The highest BCUT2D eigenvalue weighted by Crippen LogP contribution is 2.20. The van der Waals surface area contributed by atoms with Crippen molar-refractivity contribution in [2.45, 2.75) is 32.4 Å². The number of hydrogen-bond donors (Lipinski definition) is 1. The zero-order valence-corrected chi connectivity index (χ0v) is 15.1. The van der Waals surface area contributed by atoms with Crippen LogP contribution >= 0.6 is 11.6 Å². The number of halogens is 1. The van der Waals surface area contributed by atoms with E-state index in [9.17, 15) is 4.79 Å². The average molecular weight is 359 g/mol. The minimum absolute atomic E-state index is 0.140. The molecule has 1 amide bonds. The summed E-state index contributed by atoms with van der Waals surface area (Å²) in [6.07, 6.45) is 1.97. The molecule has 0 spiro atoms. The molecule has 5 heteroatoms. The van der Waals surface area contributed by atoms with Crippen molar-refractivity contribution in [2.24, 2.45) is 0 Å². The van der Waals surface area contributed by atoms with Gasteiger partial charge in [0.25, 0.3) is 5.91 Å². The van der Waals surface area contributed by atoms with E-state index in [4.69, 9.17) is 16.3 Å². The van der Waals surface area contributed by atoms with Crippen LogP contribution in [0.25, 0.3) is 0 Å². The van der Waals surface area contributed by atoms with Crippen LogP contribution in [-0.4, -0.2) is 25.1 Å². The first-order valence-corrected chi connectivity index (χ1v) is 9.03. The minimum atomic E-state index is -0.565. The number of anilines is 1. The van der Waals surface area contributed by atoms with E-state index in [0.717, 1.165) is 18.7 Å². The number of hydrogen-bond acceptors (Lipinski definition) is 3. The van der Waals surface area contributed by atoms with Crippen LogP contribution in [-0.2, 0) is 11.3 Å². The van der Waals surface area contributed by atoms with Crippen LogP contribution in [0.4, 0.5) is 5.69 Å². The van der Waals surface area contributed by atoms with Crippen molar-refractivity contribution in [2.75, 3.05) is 18.0 Å². The van der Waals surface area contributed by atoms with E-state index < -0.39 is 6.10 Å². The van der Waals surface area contributed by atoms with E-state index in [1.165, 1.54) is 18.5 Å². The third-order valence-electron chi connectivity index (χ3n) is 4.37. The highest BCUT2D eigenvalue weighted by Gasteiger charge is 2.15. The second-order valence-corrected chi connectivity index (χ2v) is 6.73. The summed E-state index contributed by atoms with van der Waals surface area (Å²) in [6, 6.07) is 15.4. The Bertz CT molecular complexity index is 695. The van der Waals surface area contributed by atoms with Gasteiger partial charge in [0.2, 0.25) is 0 Å². The molecule has 0 unspecified atom stereocenters. The van der Waals surface area contributed by atoms with Crippen LogP contribution in [0.3, 0.4) is 0 Å². The zero-order chi connectivity index (χ0) is 17.6. The van der Waals surface area contributed by atoms with E-state index >= 15 is 0 Å². The highest BCUT2D eigenvalue weighted by molar-refractivity contribution is 6.30. The van der Waals surface area contributed by atoms with Crippen molar-refractivity contribution < 1.29 is 9.53 Å². The predicted octanol–water partition coefficient (Wildman–Crippen LogP) is 4.02. The summed E-state index contributed by atoms with van der Waals surface area (Å²) >= 11 is 5.84. The molecule has 132 valence electrons. The van der Waals surface area contributed by atoms with Crippen molar-refractivity contribution in [3.63, 3.8) is 0 Å². The van der Waals surface area contributed by atoms with Crippen molar-refractivity contribution in [3.8, 4) is 5.75 Å². The molecule has 1 aliphatic rings. The number of carbonyl (C=O) groups excluding carboxylic acids is 1. The number of nitrogens with one attached hydrogen (secondary N) is 1. The minimum Gasteiger partial charge on any atom is -0.481 e. The molecule has 0 saturated carbocycles. The van der Waals surface area contributed by atoms with Crippen molar-refractivity contribution in [1.82, 2.24) is 5.32 Å². The van der Waals surface area contributed by atoms with Gasteiger partial charge in [0.05, 0.1) is 0 Å². The molecule has 1 fully saturated rings. The van der Waals surface area contributed by atoms with Gasteiger partial charge in [-0.25, -0.2) is 0 Å². The Balaban J connectivity index is 1.48. The number of ether oxygens (including phenoxy) is 1. The third kappa shape index (κ3) is 4.89. The molecule has 1 N–H and O–H groups in total. The van der Waals surface area contributed by atoms with E-state index in [0.29, 0.717) is 17.3 Å². The standard InChI is InChI=1S/C20H23ClN2O2/c1-15(25-19-10-6-17(21)7-11-19)20(24)22-14-16-4-8-18(9-5-16)23-12-2-3-13-23/h4-11,15H,2-3,12-14H2,1H3,(H,22,24)/t15-/m1/s1. The molecule has 0 bridgehead atoms. The maximum atomic E-state index is 12.2. The monoisotopic (exact) mass is 358 g/mol. The van der Waals surface area contributed by atoms with Gasteiger partial charge in [0.15, 0.2) is 6.10 Å². The lowest BCUT2D eigenvalue weighted by Gasteiger charge is -2.18. The molecular weight excluding hydrogens is 336 g/mol. The first kappa shape index (κ1) is 17.6. The molecule has 2 aromatic carbocycles. The van der Waals surface area contributed by atoms with Gasteiger partial charge in [0.1, 0.15) is 5.75 Å². The van der Waals surface area contributed by atoms with Crippen LogP contribution < -0.4 is 15.0 Å². The fourth-order valence-electron chi connectivity index (χ4n) is 2.90. The van der Waals surface area contributed by atoms with Crippen LogP contribution in [0.2, 0.25) is 5.02 Å². The maximum absolute atomic E-state index is 12.2. The molecule has 25 heavy (non-hydrogen) atoms. The maximum Gasteiger partial charge on any atom is 0.261 e. The quantitative estimate of drug-likeness (QED) is 0.847. The Morgan fingerprint density at radius 2 is 1.76 bits per heavy atom. The lowest BCUT2D eigenvalue weighted by molar-refractivity contribution is -0.127. The first-order valence-electron chi connectivity index (χ1n) is 8.65. The topological polar surface area (TPSA) is 41.6 Å². The van der Waals surface area contributed by atoms with Gasteiger partial charge in [-0.1, -0.05) is 23.7 Å². The second kappa shape index (κ2) is 8.26. The van der Waals surface area contributed by atoms with Gasteiger partial charge in [-0.3, -0.25) is 4.79 Å². The molecule has 1 atom stereocenters. The summed E-state index contributed by atoms with van der Waals surface area (Å²) in [4.78, 5) is 14.6. The molecule has 0 aromatic heterocycles. The number of carbonyl (C=O) groups is 1.